The minimum Gasteiger partial charge on any atom is -0.493 e. The number of rotatable bonds is 7. The molecule has 4 aromatic rings. The second-order valence-electron chi connectivity index (χ2n) is 9.21. The molecule has 0 saturated carbocycles. The maximum absolute atomic E-state index is 11.5. The first kappa shape index (κ1) is 22.9. The van der Waals surface area contributed by atoms with Crippen molar-refractivity contribution in [3.8, 4) is 17.0 Å². The van der Waals surface area contributed by atoms with Crippen LogP contribution in [0.2, 0.25) is 0 Å². The lowest BCUT2D eigenvalue weighted by atomic mass is 9.88. The predicted molar refractivity (Wildman–Crippen MR) is 134 cm³/mol. The minimum atomic E-state index is -2.92. The molecule has 5 rings (SSSR count). The Balaban J connectivity index is 1.43. The summed E-state index contributed by atoms with van der Waals surface area (Å²) in [6.07, 6.45) is 7.84. The third-order valence-corrected chi connectivity index (χ3v) is 7.90. The van der Waals surface area contributed by atoms with Gasteiger partial charge in [-0.1, -0.05) is 13.0 Å². The number of hydrogen-bond donors (Lipinski definition) is 1. The van der Waals surface area contributed by atoms with Gasteiger partial charge in [0.1, 0.15) is 16.2 Å². The molecule has 9 heteroatoms. The molecular weight excluding hydrogens is 450 g/mol. The van der Waals surface area contributed by atoms with Crippen LogP contribution in [0.1, 0.15) is 36.8 Å². The van der Waals surface area contributed by atoms with E-state index in [1.54, 1.807) is 11.6 Å². The highest BCUT2D eigenvalue weighted by molar-refractivity contribution is 7.90. The second kappa shape index (κ2) is 9.03. The largest absolute Gasteiger partial charge is 0.493 e. The third-order valence-electron chi connectivity index (χ3n) is 6.97. The van der Waals surface area contributed by atoms with Crippen LogP contribution >= 0.6 is 0 Å². The molecule has 34 heavy (non-hydrogen) atoms. The van der Waals surface area contributed by atoms with Crippen LogP contribution in [-0.2, 0) is 16.3 Å². The smallest absolute Gasteiger partial charge is 0.197 e. The van der Waals surface area contributed by atoms with E-state index in [0.29, 0.717) is 23.9 Å². The number of nitrogens with zero attached hydrogens (tertiary/aromatic N) is 4. The van der Waals surface area contributed by atoms with Crippen LogP contribution in [-0.4, -0.2) is 71.7 Å². The summed E-state index contributed by atoms with van der Waals surface area (Å²) in [6, 6.07) is 8.78. The van der Waals surface area contributed by atoms with Gasteiger partial charge in [0.15, 0.2) is 11.4 Å². The lowest BCUT2D eigenvalue weighted by Gasteiger charge is -2.32. The summed E-state index contributed by atoms with van der Waals surface area (Å²) in [7, 11) is -1.27. The summed E-state index contributed by atoms with van der Waals surface area (Å²) in [6.45, 7) is 4.69. The van der Waals surface area contributed by atoms with Gasteiger partial charge >= 0.3 is 0 Å². The number of hydrogen-bond acceptors (Lipinski definition) is 6. The van der Waals surface area contributed by atoms with Gasteiger partial charge in [-0.05, 0) is 67.6 Å². The summed E-state index contributed by atoms with van der Waals surface area (Å²) < 4.78 is 30.3. The topological polar surface area (TPSA) is 92.6 Å². The Morgan fingerprint density at radius 1 is 1.21 bits per heavy atom. The van der Waals surface area contributed by atoms with E-state index in [9.17, 15) is 8.42 Å². The first-order valence-corrected chi connectivity index (χ1v) is 13.8. The molecule has 1 aromatic carbocycles. The fourth-order valence-electron chi connectivity index (χ4n) is 5.10. The predicted octanol–water partition coefficient (Wildman–Crippen LogP) is 3.67. The van der Waals surface area contributed by atoms with Gasteiger partial charge in [-0.3, -0.25) is 0 Å². The van der Waals surface area contributed by atoms with Crippen LogP contribution in [0, 0.1) is 0 Å². The number of aromatic nitrogens is 4. The van der Waals surface area contributed by atoms with Crippen LogP contribution in [0.15, 0.2) is 36.8 Å². The molecule has 8 nitrogen and oxygen atoms in total. The van der Waals surface area contributed by atoms with Gasteiger partial charge in [-0.2, -0.15) is 5.10 Å². The van der Waals surface area contributed by atoms with Crippen molar-refractivity contribution in [2.45, 2.75) is 32.1 Å². The molecule has 0 aliphatic carbocycles. The van der Waals surface area contributed by atoms with Gasteiger partial charge in [-0.15, -0.1) is 0 Å². The quantitative estimate of drug-likeness (QED) is 0.433. The van der Waals surface area contributed by atoms with E-state index < -0.39 is 9.84 Å². The second-order valence-corrected chi connectivity index (χ2v) is 11.5. The number of pyridine rings is 1. The van der Waals surface area contributed by atoms with Crippen molar-refractivity contribution in [2.75, 3.05) is 38.8 Å². The molecule has 0 bridgehead atoms. The molecule has 0 atom stereocenters. The Labute approximate surface area is 199 Å². The number of likely N-dealkylation sites (tertiary alicyclic amines) is 1. The number of sulfone groups is 1. The number of nitrogens with one attached hydrogen (secondary N) is 1. The van der Waals surface area contributed by atoms with E-state index in [1.165, 1.54) is 29.1 Å². The molecule has 4 heterocycles. The molecule has 1 N–H and O–H groups in total. The summed E-state index contributed by atoms with van der Waals surface area (Å²) in [4.78, 5) is 10.2. The zero-order valence-corrected chi connectivity index (χ0v) is 20.7. The molecule has 0 unspecified atom stereocenters. The first-order chi connectivity index (χ1) is 16.4. The zero-order chi connectivity index (χ0) is 23.9. The maximum atomic E-state index is 11.5. The molecule has 3 aromatic heterocycles. The number of H-pyrrole nitrogens is 1. The highest BCUT2D eigenvalue weighted by Crippen LogP contribution is 2.36. The monoisotopic (exact) mass is 481 g/mol. The number of fused-ring (bicyclic) bond motifs is 2. The van der Waals surface area contributed by atoms with Crippen molar-refractivity contribution in [3.63, 3.8) is 0 Å². The van der Waals surface area contributed by atoms with Crippen LogP contribution in [0.25, 0.3) is 27.8 Å². The SMILES string of the molecule is CCc1c(-c2cc(OC)c3ncnn3c2)[nH]c2ccc(C3CCN(CCS(C)(=O)=O)CC3)cc12. The van der Waals surface area contributed by atoms with E-state index in [4.69, 9.17) is 4.74 Å². The van der Waals surface area contributed by atoms with Gasteiger partial charge < -0.3 is 14.6 Å². The van der Waals surface area contributed by atoms with Crippen molar-refractivity contribution in [3.05, 3.63) is 47.9 Å². The summed E-state index contributed by atoms with van der Waals surface area (Å²) in [5, 5.41) is 5.56. The van der Waals surface area contributed by atoms with E-state index in [-0.39, 0.29) is 5.75 Å². The van der Waals surface area contributed by atoms with E-state index in [0.717, 1.165) is 49.1 Å². The summed E-state index contributed by atoms with van der Waals surface area (Å²) in [5.41, 5.74) is 6.57. The maximum Gasteiger partial charge on any atom is 0.197 e. The van der Waals surface area contributed by atoms with E-state index in [1.807, 2.05) is 12.3 Å². The zero-order valence-electron chi connectivity index (χ0n) is 19.9. The van der Waals surface area contributed by atoms with Crippen LogP contribution in [0.4, 0.5) is 0 Å². The normalized spacial score (nSPS) is 16.0. The molecule has 180 valence electrons. The molecule has 0 spiro atoms. The van der Waals surface area contributed by atoms with Crippen molar-refractivity contribution >= 4 is 26.4 Å². The Hall–Kier alpha value is -2.91. The summed E-state index contributed by atoms with van der Waals surface area (Å²) >= 11 is 0. The minimum absolute atomic E-state index is 0.237. The lowest BCUT2D eigenvalue weighted by Crippen LogP contribution is -2.36. The lowest BCUT2D eigenvalue weighted by molar-refractivity contribution is 0.223. The molecule has 1 aliphatic heterocycles. The molecular formula is C25H31N5O3S. The Bertz CT molecular complexity index is 1430. The molecule has 0 amide bonds. The average Bonchev–Trinajstić information content (AvgIpc) is 3.45. The van der Waals surface area contributed by atoms with Crippen molar-refractivity contribution in [1.82, 2.24) is 24.5 Å². The Kier molecular flexibility index (Phi) is 6.07. The van der Waals surface area contributed by atoms with Crippen molar-refractivity contribution in [2.24, 2.45) is 0 Å². The van der Waals surface area contributed by atoms with Gasteiger partial charge in [0.05, 0.1) is 18.6 Å². The van der Waals surface area contributed by atoms with Gasteiger partial charge in [-0.25, -0.2) is 17.9 Å². The van der Waals surface area contributed by atoms with Gasteiger partial charge in [0.25, 0.3) is 0 Å². The van der Waals surface area contributed by atoms with Crippen LogP contribution in [0.3, 0.4) is 0 Å². The molecule has 1 saturated heterocycles. The van der Waals surface area contributed by atoms with Crippen LogP contribution in [0.5, 0.6) is 5.75 Å². The Morgan fingerprint density at radius 3 is 2.71 bits per heavy atom. The number of methoxy groups -OCH3 is 1. The molecule has 1 aliphatic rings. The Morgan fingerprint density at radius 2 is 2.00 bits per heavy atom. The first-order valence-electron chi connectivity index (χ1n) is 11.8. The van der Waals surface area contributed by atoms with Gasteiger partial charge in [0.2, 0.25) is 0 Å². The number of benzene rings is 1. The standard InChI is InChI=1S/C25H31N5O3S/c1-4-20-21-13-18(17-7-9-29(10-8-17)11-12-34(3,31)32)5-6-22(21)28-24(20)19-14-23(33-2)25-26-16-27-30(25)15-19/h5-6,13-17,28H,4,7-12H2,1-3H3. The van der Waals surface area contributed by atoms with Crippen molar-refractivity contribution < 1.29 is 13.2 Å². The number of ether oxygens (including phenoxy) is 1. The average molecular weight is 482 g/mol. The third kappa shape index (κ3) is 4.42. The fourth-order valence-corrected chi connectivity index (χ4v) is 5.69. The van der Waals surface area contributed by atoms with E-state index >= 15 is 0 Å². The molecule has 1 fully saturated rings. The molecule has 0 radical (unpaired) electrons. The highest BCUT2D eigenvalue weighted by atomic mass is 32.2. The highest BCUT2D eigenvalue weighted by Gasteiger charge is 2.23. The van der Waals surface area contributed by atoms with Gasteiger partial charge in [0, 0.05) is 35.5 Å². The van der Waals surface area contributed by atoms with Crippen LogP contribution < -0.4 is 4.74 Å². The number of aromatic amines is 1. The fraction of sp³-hybridized carbons (Fsp3) is 0.440. The van der Waals surface area contributed by atoms with Crippen molar-refractivity contribution in [1.29, 1.82) is 0 Å². The van der Waals surface area contributed by atoms with E-state index in [2.05, 4.69) is 45.1 Å². The summed E-state index contributed by atoms with van der Waals surface area (Å²) in [5.74, 6) is 1.42. The number of piperidine rings is 1. The number of aryl methyl sites for hydroxylation is 1.